The summed E-state index contributed by atoms with van der Waals surface area (Å²) in [4.78, 5) is 98.9. The number of piperidine rings is 2. The molecule has 5 heterocycles. The van der Waals surface area contributed by atoms with E-state index in [-0.39, 0.29) is 37.5 Å². The third-order valence-electron chi connectivity index (χ3n) is 9.51. The van der Waals surface area contributed by atoms with E-state index in [2.05, 4.69) is 26.6 Å². The van der Waals surface area contributed by atoms with Gasteiger partial charge in [-0.3, -0.25) is 58.8 Å². The molecule has 4 fully saturated rings. The Bertz CT molecular complexity index is 1670. The highest BCUT2D eigenvalue weighted by atomic mass is 16.2. The molecule has 6 aliphatic rings. The highest BCUT2D eigenvalue weighted by molar-refractivity contribution is 6.24. The molecule has 5 aliphatic heterocycles. The molecule has 0 aromatic heterocycles. The monoisotopic (exact) mass is 655 g/mol. The first kappa shape index (κ1) is 31.2. The van der Waals surface area contributed by atoms with Gasteiger partial charge in [0.15, 0.2) is 0 Å². The van der Waals surface area contributed by atoms with Gasteiger partial charge in [-0.05, 0) is 68.5 Å². The number of hydrogen-bond donors (Lipinski definition) is 5. The van der Waals surface area contributed by atoms with Crippen LogP contribution in [0.25, 0.3) is 0 Å². The van der Waals surface area contributed by atoms with Gasteiger partial charge in [0.05, 0.1) is 28.3 Å². The lowest BCUT2D eigenvalue weighted by molar-refractivity contribution is -0.137. The Morgan fingerprint density at radius 1 is 0.542 bits per heavy atom. The van der Waals surface area contributed by atoms with E-state index in [0.717, 1.165) is 47.1 Å². The normalized spacial score (nSPS) is 23.8. The number of anilines is 2. The second-order valence-corrected chi connectivity index (χ2v) is 12.7. The van der Waals surface area contributed by atoms with Crippen LogP contribution in [0.2, 0.25) is 0 Å². The van der Waals surface area contributed by atoms with Crippen LogP contribution in [0.4, 0.5) is 11.4 Å². The molecular formula is C33H33N7O8. The van der Waals surface area contributed by atoms with Crippen molar-refractivity contribution in [1.82, 2.24) is 25.8 Å². The second kappa shape index (κ2) is 12.3. The molecule has 2 aromatic carbocycles. The minimum atomic E-state index is -0.928. The van der Waals surface area contributed by atoms with Gasteiger partial charge in [-0.15, -0.1) is 0 Å². The van der Waals surface area contributed by atoms with Gasteiger partial charge in [0.25, 0.3) is 23.6 Å². The molecule has 2 atom stereocenters. The van der Waals surface area contributed by atoms with Crippen LogP contribution in [0.5, 0.6) is 0 Å². The summed E-state index contributed by atoms with van der Waals surface area (Å²) in [6, 6.07) is 8.99. The third-order valence-corrected chi connectivity index (χ3v) is 9.51. The zero-order valence-corrected chi connectivity index (χ0v) is 25.8. The molecule has 8 amide bonds. The van der Waals surface area contributed by atoms with Crippen molar-refractivity contribution in [2.75, 3.05) is 23.7 Å². The molecule has 1 aliphatic carbocycles. The van der Waals surface area contributed by atoms with Crippen LogP contribution in [0.1, 0.15) is 86.4 Å². The molecule has 0 radical (unpaired) electrons. The van der Waals surface area contributed by atoms with Crippen molar-refractivity contribution in [2.45, 2.75) is 69.1 Å². The van der Waals surface area contributed by atoms with Gasteiger partial charge in [-0.2, -0.15) is 0 Å². The first-order valence-electron chi connectivity index (χ1n) is 16.0. The number of amides is 8. The number of nitrogens with one attached hydrogen (secondary N) is 5. The fourth-order valence-corrected chi connectivity index (χ4v) is 6.54. The van der Waals surface area contributed by atoms with Crippen molar-refractivity contribution in [3.63, 3.8) is 0 Å². The van der Waals surface area contributed by atoms with Crippen LogP contribution in [-0.2, 0) is 19.2 Å². The summed E-state index contributed by atoms with van der Waals surface area (Å²) >= 11 is 0. The molecular weight excluding hydrogens is 622 g/mol. The van der Waals surface area contributed by atoms with Crippen LogP contribution in [-0.4, -0.2) is 94.3 Å². The van der Waals surface area contributed by atoms with E-state index in [9.17, 15) is 38.4 Å². The average Bonchev–Trinajstić information content (AvgIpc) is 3.41. The van der Waals surface area contributed by atoms with Crippen molar-refractivity contribution < 1.29 is 38.4 Å². The van der Waals surface area contributed by atoms with Crippen LogP contribution in [0.3, 0.4) is 0 Å². The van der Waals surface area contributed by atoms with Gasteiger partial charge >= 0.3 is 0 Å². The zero-order valence-electron chi connectivity index (χ0n) is 25.8. The lowest BCUT2D eigenvalue weighted by Gasteiger charge is -2.29. The Hall–Kier alpha value is -5.44. The van der Waals surface area contributed by atoms with Crippen molar-refractivity contribution in [1.29, 1.82) is 0 Å². The maximum absolute atomic E-state index is 12.7. The number of fused-ring (bicyclic) bond motifs is 2. The van der Waals surface area contributed by atoms with E-state index >= 15 is 0 Å². The molecule has 248 valence electrons. The minimum absolute atomic E-state index is 0.116. The van der Waals surface area contributed by atoms with Gasteiger partial charge < -0.3 is 16.0 Å². The van der Waals surface area contributed by atoms with E-state index in [4.69, 9.17) is 0 Å². The van der Waals surface area contributed by atoms with Crippen LogP contribution in [0.15, 0.2) is 36.4 Å². The molecule has 0 bridgehead atoms. The molecule has 3 saturated heterocycles. The Morgan fingerprint density at radius 3 is 1.35 bits per heavy atom. The maximum atomic E-state index is 12.7. The Kier molecular flexibility index (Phi) is 7.99. The Morgan fingerprint density at radius 2 is 0.979 bits per heavy atom. The van der Waals surface area contributed by atoms with E-state index in [0.29, 0.717) is 34.3 Å². The van der Waals surface area contributed by atoms with Crippen molar-refractivity contribution in [3.8, 4) is 0 Å². The molecule has 0 spiro atoms. The van der Waals surface area contributed by atoms with Crippen molar-refractivity contribution in [3.05, 3.63) is 58.7 Å². The van der Waals surface area contributed by atoms with Gasteiger partial charge in [-0.25, -0.2) is 0 Å². The Balaban J connectivity index is 0.000000152. The van der Waals surface area contributed by atoms with Gasteiger partial charge in [0.1, 0.15) is 12.1 Å². The number of benzene rings is 2. The number of rotatable bonds is 6. The highest BCUT2D eigenvalue weighted by Gasteiger charge is 2.46. The van der Waals surface area contributed by atoms with Gasteiger partial charge in [0, 0.05) is 43.3 Å². The van der Waals surface area contributed by atoms with Crippen LogP contribution < -0.4 is 26.6 Å². The summed E-state index contributed by atoms with van der Waals surface area (Å²) in [5.41, 5.74) is 2.79. The average molecular weight is 656 g/mol. The van der Waals surface area contributed by atoms with E-state index in [1.165, 1.54) is 6.42 Å². The van der Waals surface area contributed by atoms with E-state index < -0.39 is 47.5 Å². The summed E-state index contributed by atoms with van der Waals surface area (Å²) in [6.45, 7) is 1.71. The molecule has 2 unspecified atom stereocenters. The minimum Gasteiger partial charge on any atom is -0.382 e. The summed E-state index contributed by atoms with van der Waals surface area (Å²) in [5.74, 6) is -3.86. The second-order valence-electron chi connectivity index (χ2n) is 12.7. The molecule has 8 rings (SSSR count). The number of imide groups is 4. The molecule has 48 heavy (non-hydrogen) atoms. The smallest absolute Gasteiger partial charge is 0.262 e. The first-order valence-corrected chi connectivity index (χ1v) is 16.0. The largest absolute Gasteiger partial charge is 0.382 e. The van der Waals surface area contributed by atoms with Gasteiger partial charge in [-0.1, -0.05) is 0 Å². The summed E-state index contributed by atoms with van der Waals surface area (Å²) in [7, 11) is 0. The fraction of sp³-hybridized carbons (Fsp3) is 0.394. The van der Waals surface area contributed by atoms with Crippen molar-refractivity contribution >= 4 is 58.6 Å². The Labute approximate surface area is 274 Å². The summed E-state index contributed by atoms with van der Waals surface area (Å²) in [6.07, 6.45) is 3.98. The predicted octanol–water partition coefficient (Wildman–Crippen LogP) is 0.524. The lowest BCUT2D eigenvalue weighted by atomic mass is 9.93. The van der Waals surface area contributed by atoms with Crippen LogP contribution >= 0.6 is 0 Å². The quantitative estimate of drug-likeness (QED) is 0.272. The highest BCUT2D eigenvalue weighted by Crippen LogP contribution is 2.32. The van der Waals surface area contributed by atoms with E-state index in [1.807, 2.05) is 0 Å². The summed E-state index contributed by atoms with van der Waals surface area (Å²) in [5, 5.41) is 14.1. The number of nitrogens with zero attached hydrogens (tertiary/aromatic N) is 2. The van der Waals surface area contributed by atoms with Gasteiger partial charge in [0.2, 0.25) is 23.6 Å². The molecule has 15 heteroatoms. The number of hydrogen-bond acceptors (Lipinski definition) is 11. The maximum Gasteiger partial charge on any atom is 0.262 e. The molecule has 2 aromatic rings. The first-order chi connectivity index (χ1) is 23.1. The SMILES string of the molecule is O=C1CCC(N2C(=O)c3ccc(NC4CCC4)cc3C2=O)C(=O)N1.O=C1CCC(N2C(=O)c3ccc(NC4CNC4)cc3C2=O)C(=O)N1. The number of carbonyl (C=O) groups is 8. The molecule has 15 nitrogen and oxygen atoms in total. The van der Waals surface area contributed by atoms with E-state index in [1.54, 1.807) is 36.4 Å². The topological polar surface area (TPSA) is 203 Å². The molecule has 5 N–H and O–H groups in total. The fourth-order valence-electron chi connectivity index (χ4n) is 6.54. The third kappa shape index (κ3) is 5.59. The lowest BCUT2D eigenvalue weighted by Crippen LogP contribution is -2.54. The van der Waals surface area contributed by atoms with Crippen LogP contribution in [0, 0.1) is 0 Å². The summed E-state index contributed by atoms with van der Waals surface area (Å²) < 4.78 is 0. The number of carbonyl (C=O) groups excluding carboxylic acids is 8. The zero-order chi connectivity index (χ0) is 33.7. The predicted molar refractivity (Wildman–Crippen MR) is 168 cm³/mol. The standard InChI is InChI=1S/C17H17N3O4.C16H16N4O4/c21-14-7-6-13(15(22)19-14)20-16(23)11-5-4-10(8-12(11)17(20)24)18-9-2-1-3-9;21-13-4-3-12(14(22)19-13)20-15(23)10-2-1-8(5-11(10)16(20)24)18-9-6-17-7-9/h4-5,8-9,13,18H,1-3,6-7H2,(H,19,21,22);1-2,5,9,12,17-18H,3-4,6-7H2,(H,19,21,22). The van der Waals surface area contributed by atoms with Crippen molar-refractivity contribution in [2.24, 2.45) is 0 Å². The molecule has 1 saturated carbocycles.